The predicted octanol–water partition coefficient (Wildman–Crippen LogP) is 0.167. The van der Waals surface area contributed by atoms with E-state index in [0.29, 0.717) is 13.2 Å². The number of carbonyl (C=O) groups is 2. The van der Waals surface area contributed by atoms with Crippen molar-refractivity contribution in [3.05, 3.63) is 42.5 Å². The lowest BCUT2D eigenvalue weighted by Crippen LogP contribution is -2.40. The molecule has 1 aliphatic rings. The molecule has 1 amide bonds. The van der Waals surface area contributed by atoms with Gasteiger partial charge in [-0.15, -0.1) is 6.58 Å². The zero-order valence-corrected chi connectivity index (χ0v) is 14.5. The number of nitrogens with one attached hydrogen (secondary N) is 1. The Kier molecular flexibility index (Phi) is 6.68. The third-order valence-corrected chi connectivity index (χ3v) is 5.35. The molecule has 0 radical (unpaired) electrons. The summed E-state index contributed by atoms with van der Waals surface area (Å²) in [5.74, 6) is -1.24. The maximum atomic E-state index is 12.6. The van der Waals surface area contributed by atoms with Crippen molar-refractivity contribution >= 4 is 21.9 Å². The van der Waals surface area contributed by atoms with Crippen molar-refractivity contribution in [1.29, 1.82) is 0 Å². The largest absolute Gasteiger partial charge is 0.452 e. The van der Waals surface area contributed by atoms with E-state index in [2.05, 4.69) is 11.9 Å². The van der Waals surface area contributed by atoms with Gasteiger partial charge in [0.1, 0.15) is 0 Å². The maximum absolute atomic E-state index is 12.6. The Morgan fingerprint density at radius 3 is 2.72 bits per heavy atom. The van der Waals surface area contributed by atoms with Crippen LogP contribution < -0.4 is 5.32 Å². The van der Waals surface area contributed by atoms with E-state index in [4.69, 9.17) is 9.47 Å². The van der Waals surface area contributed by atoms with E-state index in [9.17, 15) is 18.0 Å². The average molecular weight is 368 g/mol. The van der Waals surface area contributed by atoms with Gasteiger partial charge in [0.05, 0.1) is 23.7 Å². The number of hydrogen-bond donors (Lipinski definition) is 1. The summed E-state index contributed by atoms with van der Waals surface area (Å²) in [5.41, 5.74) is 0.0610. The van der Waals surface area contributed by atoms with E-state index in [1.54, 1.807) is 0 Å². The summed E-state index contributed by atoms with van der Waals surface area (Å²) in [6, 6.07) is 5.55. The highest BCUT2D eigenvalue weighted by Crippen LogP contribution is 2.18. The summed E-state index contributed by atoms with van der Waals surface area (Å²) in [6.45, 7) is 4.47. The van der Waals surface area contributed by atoms with Gasteiger partial charge < -0.3 is 14.8 Å². The Bertz CT molecular complexity index is 741. The summed E-state index contributed by atoms with van der Waals surface area (Å²) in [6.07, 6.45) is 1.50. The lowest BCUT2D eigenvalue weighted by molar-refractivity contribution is -0.124. The molecule has 0 saturated carbocycles. The van der Waals surface area contributed by atoms with Gasteiger partial charge in [0.25, 0.3) is 5.91 Å². The van der Waals surface area contributed by atoms with Gasteiger partial charge in [-0.25, -0.2) is 13.2 Å². The monoisotopic (exact) mass is 368 g/mol. The smallest absolute Gasteiger partial charge is 0.338 e. The lowest BCUT2D eigenvalue weighted by atomic mass is 10.2. The minimum Gasteiger partial charge on any atom is -0.452 e. The molecule has 0 spiro atoms. The molecule has 1 aromatic carbocycles. The Morgan fingerprint density at radius 2 is 2.04 bits per heavy atom. The molecule has 1 aliphatic heterocycles. The highest BCUT2D eigenvalue weighted by molar-refractivity contribution is 7.89. The van der Waals surface area contributed by atoms with E-state index in [0.717, 1.165) is 0 Å². The fourth-order valence-electron chi connectivity index (χ4n) is 2.17. The summed E-state index contributed by atoms with van der Waals surface area (Å²) in [4.78, 5) is 23.4. The Labute approximate surface area is 146 Å². The highest BCUT2D eigenvalue weighted by Gasteiger charge is 2.27. The first-order valence-corrected chi connectivity index (χ1v) is 9.12. The van der Waals surface area contributed by atoms with E-state index in [-0.39, 0.29) is 30.1 Å². The minimum absolute atomic E-state index is 0.0000381. The van der Waals surface area contributed by atoms with E-state index in [1.807, 2.05) is 0 Å². The fourth-order valence-corrected chi connectivity index (χ4v) is 3.63. The zero-order valence-electron chi connectivity index (χ0n) is 13.6. The number of nitrogens with zero attached hydrogens (tertiary/aromatic N) is 1. The van der Waals surface area contributed by atoms with Crippen LogP contribution in [0.25, 0.3) is 0 Å². The number of esters is 1. The van der Waals surface area contributed by atoms with Crippen molar-refractivity contribution in [3.63, 3.8) is 0 Å². The Balaban J connectivity index is 2.06. The van der Waals surface area contributed by atoms with Gasteiger partial charge in [0.15, 0.2) is 6.61 Å². The van der Waals surface area contributed by atoms with Gasteiger partial charge in [0.2, 0.25) is 10.0 Å². The molecule has 1 fully saturated rings. The molecule has 1 saturated heterocycles. The first-order valence-electron chi connectivity index (χ1n) is 7.68. The molecule has 9 heteroatoms. The molecule has 0 unspecified atom stereocenters. The number of hydrogen-bond acceptors (Lipinski definition) is 6. The molecule has 0 aromatic heterocycles. The summed E-state index contributed by atoms with van der Waals surface area (Å²) < 4.78 is 36.5. The van der Waals surface area contributed by atoms with Gasteiger partial charge in [-0.3, -0.25) is 4.79 Å². The second-order valence-corrected chi connectivity index (χ2v) is 7.15. The van der Waals surface area contributed by atoms with Crippen LogP contribution >= 0.6 is 0 Å². The van der Waals surface area contributed by atoms with E-state index in [1.165, 1.54) is 34.6 Å². The van der Waals surface area contributed by atoms with Crippen LogP contribution in [-0.4, -0.2) is 64.1 Å². The Hall–Kier alpha value is -2.23. The molecule has 0 atom stereocenters. The quantitative estimate of drug-likeness (QED) is 0.544. The normalized spacial score (nSPS) is 15.4. The predicted molar refractivity (Wildman–Crippen MR) is 89.5 cm³/mol. The van der Waals surface area contributed by atoms with Gasteiger partial charge in [-0.1, -0.05) is 12.1 Å². The molecule has 1 aromatic rings. The van der Waals surface area contributed by atoms with E-state index >= 15 is 0 Å². The molecule has 2 rings (SSSR count). The number of carbonyl (C=O) groups excluding carboxylic acids is 2. The van der Waals surface area contributed by atoms with Crippen molar-refractivity contribution in [3.8, 4) is 0 Å². The SMILES string of the molecule is C=CCNC(=O)COC(=O)c1cccc(S(=O)(=O)N2CCOCC2)c1. The highest BCUT2D eigenvalue weighted by atomic mass is 32.2. The average Bonchev–Trinajstić information content (AvgIpc) is 2.65. The number of amides is 1. The molecule has 1 N–H and O–H groups in total. The number of rotatable bonds is 7. The van der Waals surface area contributed by atoms with Crippen molar-refractivity contribution < 1.29 is 27.5 Å². The summed E-state index contributed by atoms with van der Waals surface area (Å²) >= 11 is 0. The molecule has 0 bridgehead atoms. The van der Waals surface area contributed by atoms with Gasteiger partial charge in [-0.05, 0) is 18.2 Å². The minimum atomic E-state index is -3.71. The topological polar surface area (TPSA) is 102 Å². The van der Waals surface area contributed by atoms with Crippen LogP contribution in [-0.2, 0) is 24.3 Å². The number of ether oxygens (including phenoxy) is 2. The van der Waals surface area contributed by atoms with Crippen LogP contribution in [0.1, 0.15) is 10.4 Å². The van der Waals surface area contributed by atoms with Crippen molar-refractivity contribution in [2.24, 2.45) is 0 Å². The van der Waals surface area contributed by atoms with Crippen molar-refractivity contribution in [1.82, 2.24) is 9.62 Å². The Morgan fingerprint density at radius 1 is 1.32 bits per heavy atom. The second-order valence-electron chi connectivity index (χ2n) is 5.21. The van der Waals surface area contributed by atoms with Crippen molar-refractivity contribution in [2.45, 2.75) is 4.90 Å². The first-order chi connectivity index (χ1) is 11.9. The fraction of sp³-hybridized carbons (Fsp3) is 0.375. The number of benzene rings is 1. The lowest BCUT2D eigenvalue weighted by Gasteiger charge is -2.26. The molecule has 136 valence electrons. The maximum Gasteiger partial charge on any atom is 0.338 e. The third kappa shape index (κ3) is 5.12. The molecule has 1 heterocycles. The van der Waals surface area contributed by atoms with Crippen LogP contribution in [0, 0.1) is 0 Å². The molecule has 8 nitrogen and oxygen atoms in total. The number of morpholine rings is 1. The molecule has 0 aliphatic carbocycles. The van der Waals surface area contributed by atoms with Crippen LogP contribution in [0.15, 0.2) is 41.8 Å². The summed E-state index contributed by atoms with van der Waals surface area (Å²) in [7, 11) is -3.71. The zero-order chi connectivity index (χ0) is 18.3. The first kappa shape index (κ1) is 19.1. The molecular weight excluding hydrogens is 348 g/mol. The van der Waals surface area contributed by atoms with E-state index < -0.39 is 28.5 Å². The van der Waals surface area contributed by atoms with Crippen LogP contribution in [0.3, 0.4) is 0 Å². The van der Waals surface area contributed by atoms with Crippen LogP contribution in [0.4, 0.5) is 0 Å². The standard InChI is InChI=1S/C16H20N2O6S/c1-2-6-17-15(19)12-24-16(20)13-4-3-5-14(11-13)25(21,22)18-7-9-23-10-8-18/h2-5,11H,1,6-10,12H2,(H,17,19). The second kappa shape index (κ2) is 8.75. The van der Waals surface area contributed by atoms with Gasteiger partial charge >= 0.3 is 5.97 Å². The van der Waals surface area contributed by atoms with Gasteiger partial charge in [-0.2, -0.15) is 4.31 Å². The van der Waals surface area contributed by atoms with Gasteiger partial charge in [0, 0.05) is 19.6 Å². The van der Waals surface area contributed by atoms with Crippen LogP contribution in [0.5, 0.6) is 0 Å². The third-order valence-electron chi connectivity index (χ3n) is 3.46. The molecule has 25 heavy (non-hydrogen) atoms. The molecular formula is C16H20N2O6S. The van der Waals surface area contributed by atoms with Crippen molar-refractivity contribution in [2.75, 3.05) is 39.5 Å². The van der Waals surface area contributed by atoms with Crippen LogP contribution in [0.2, 0.25) is 0 Å². The number of sulfonamides is 1. The summed E-state index contributed by atoms with van der Waals surface area (Å²) in [5, 5.41) is 2.47.